The number of hydrogen-bond donors (Lipinski definition) is 1. The first-order chi connectivity index (χ1) is 7.49. The van der Waals surface area contributed by atoms with Crippen LogP contribution < -0.4 is 0 Å². The van der Waals surface area contributed by atoms with Gasteiger partial charge in [-0.1, -0.05) is 0 Å². The van der Waals surface area contributed by atoms with Gasteiger partial charge in [0.2, 0.25) is 0 Å². The van der Waals surface area contributed by atoms with Crippen LogP contribution in [0, 0.1) is 0 Å². The fourth-order valence-electron chi connectivity index (χ4n) is 0.610. The second-order valence-electron chi connectivity index (χ2n) is 5.03. The fourth-order valence-corrected chi connectivity index (χ4v) is 0.610. The monoisotopic (exact) mass is 250 g/mol. The van der Waals surface area contributed by atoms with E-state index in [9.17, 15) is 9.59 Å². The standard InChI is InChI=1S/C10H18O5.CH4O/c1-9(2,3)14-7(11)13-8(12)15-10(4,5)6;1-2/h1-6H3;2H,1H3. The molecule has 0 saturated carbocycles. The lowest BCUT2D eigenvalue weighted by Crippen LogP contribution is -2.29. The van der Waals surface area contributed by atoms with Gasteiger partial charge in [0.1, 0.15) is 11.2 Å². The van der Waals surface area contributed by atoms with E-state index in [4.69, 9.17) is 14.6 Å². The predicted octanol–water partition coefficient (Wildman–Crippen LogP) is 2.48. The van der Waals surface area contributed by atoms with Crippen LogP contribution in [-0.4, -0.2) is 35.7 Å². The molecule has 0 unspecified atom stereocenters. The van der Waals surface area contributed by atoms with Crippen molar-refractivity contribution in [3.8, 4) is 0 Å². The van der Waals surface area contributed by atoms with E-state index in [-0.39, 0.29) is 0 Å². The van der Waals surface area contributed by atoms with Gasteiger partial charge in [-0.05, 0) is 41.5 Å². The lowest BCUT2D eigenvalue weighted by atomic mass is 10.2. The summed E-state index contributed by atoms with van der Waals surface area (Å²) < 4.78 is 13.8. The molecule has 0 aromatic heterocycles. The fraction of sp³-hybridized carbons (Fsp3) is 0.818. The van der Waals surface area contributed by atoms with Gasteiger partial charge in [-0.15, -0.1) is 0 Å². The van der Waals surface area contributed by atoms with Crippen molar-refractivity contribution in [2.24, 2.45) is 0 Å². The van der Waals surface area contributed by atoms with Gasteiger partial charge >= 0.3 is 12.3 Å². The minimum atomic E-state index is -1.06. The molecule has 0 heterocycles. The highest BCUT2D eigenvalue weighted by atomic mass is 16.8. The summed E-state index contributed by atoms with van der Waals surface area (Å²) in [6.07, 6.45) is -2.12. The number of aliphatic hydroxyl groups excluding tert-OH is 1. The summed E-state index contributed by atoms with van der Waals surface area (Å²) >= 11 is 0. The average Bonchev–Trinajstić information content (AvgIpc) is 1.99. The lowest BCUT2D eigenvalue weighted by molar-refractivity contribution is -0.0293. The van der Waals surface area contributed by atoms with Gasteiger partial charge in [0.15, 0.2) is 0 Å². The SMILES string of the molecule is CC(C)(C)OC(=O)OC(=O)OC(C)(C)C.CO. The summed E-state index contributed by atoms with van der Waals surface area (Å²) in [5.41, 5.74) is -1.39. The van der Waals surface area contributed by atoms with Crippen LogP contribution in [0.3, 0.4) is 0 Å². The molecule has 0 bridgehead atoms. The summed E-state index contributed by atoms with van der Waals surface area (Å²) in [6, 6.07) is 0. The van der Waals surface area contributed by atoms with E-state index in [1.54, 1.807) is 41.5 Å². The van der Waals surface area contributed by atoms with Crippen LogP contribution in [0.15, 0.2) is 0 Å². The van der Waals surface area contributed by atoms with Gasteiger partial charge in [-0.2, -0.15) is 0 Å². The first kappa shape index (κ1) is 18.1. The maximum absolute atomic E-state index is 11.0. The Labute approximate surface area is 102 Å². The zero-order valence-corrected chi connectivity index (χ0v) is 11.5. The predicted molar refractivity (Wildman–Crippen MR) is 61.7 cm³/mol. The summed E-state index contributed by atoms with van der Waals surface area (Å²) in [6.45, 7) is 10.0. The Kier molecular flexibility index (Phi) is 7.56. The molecule has 0 saturated heterocycles. The molecule has 0 aliphatic heterocycles. The molecular weight excluding hydrogens is 228 g/mol. The zero-order valence-electron chi connectivity index (χ0n) is 11.5. The second-order valence-corrected chi connectivity index (χ2v) is 5.03. The number of rotatable bonds is 0. The third-order valence-electron chi connectivity index (χ3n) is 0.946. The summed E-state index contributed by atoms with van der Waals surface area (Å²) in [7, 11) is 1.00. The summed E-state index contributed by atoms with van der Waals surface area (Å²) in [5.74, 6) is 0. The molecule has 6 heteroatoms. The highest BCUT2D eigenvalue weighted by molar-refractivity contribution is 5.77. The van der Waals surface area contributed by atoms with Crippen molar-refractivity contribution >= 4 is 12.3 Å². The molecule has 0 amide bonds. The number of hydrogen-bond acceptors (Lipinski definition) is 6. The Balaban J connectivity index is 0. The summed E-state index contributed by atoms with van der Waals surface area (Å²) in [5, 5.41) is 7.00. The molecule has 0 aliphatic rings. The van der Waals surface area contributed by atoms with Gasteiger partial charge < -0.3 is 19.3 Å². The third kappa shape index (κ3) is 14.7. The van der Waals surface area contributed by atoms with Crippen LogP contribution in [0.4, 0.5) is 9.59 Å². The van der Waals surface area contributed by atoms with Crippen LogP contribution in [0.25, 0.3) is 0 Å². The van der Waals surface area contributed by atoms with Crippen LogP contribution >= 0.6 is 0 Å². The first-order valence-corrected chi connectivity index (χ1v) is 5.08. The van der Waals surface area contributed by atoms with Crippen LogP contribution in [0.2, 0.25) is 0 Å². The minimum Gasteiger partial charge on any atom is -0.428 e. The maximum atomic E-state index is 11.0. The number of ether oxygens (including phenoxy) is 3. The molecule has 0 rings (SSSR count). The van der Waals surface area contributed by atoms with Crippen molar-refractivity contribution in [3.63, 3.8) is 0 Å². The van der Waals surface area contributed by atoms with Crippen molar-refractivity contribution in [2.75, 3.05) is 7.11 Å². The van der Waals surface area contributed by atoms with E-state index in [0.29, 0.717) is 0 Å². The van der Waals surface area contributed by atoms with E-state index >= 15 is 0 Å². The van der Waals surface area contributed by atoms with Crippen molar-refractivity contribution in [1.29, 1.82) is 0 Å². The zero-order chi connectivity index (χ0) is 14.3. The van der Waals surface area contributed by atoms with E-state index in [2.05, 4.69) is 4.74 Å². The van der Waals surface area contributed by atoms with Crippen molar-refractivity contribution in [3.05, 3.63) is 0 Å². The van der Waals surface area contributed by atoms with Crippen molar-refractivity contribution < 1.29 is 28.9 Å². The van der Waals surface area contributed by atoms with Gasteiger partial charge in [0.05, 0.1) is 0 Å². The average molecular weight is 250 g/mol. The van der Waals surface area contributed by atoms with Gasteiger partial charge in [0, 0.05) is 7.11 Å². The Morgan fingerprint density at radius 3 is 1.18 bits per heavy atom. The highest BCUT2D eigenvalue weighted by Crippen LogP contribution is 2.11. The number of carbonyl (C=O) groups excluding carboxylic acids is 2. The smallest absolute Gasteiger partial charge is 0.428 e. The normalized spacial score (nSPS) is 10.8. The quantitative estimate of drug-likeness (QED) is 0.525. The Bertz CT molecular complexity index is 220. The van der Waals surface area contributed by atoms with E-state index in [1.807, 2.05) is 0 Å². The number of carbonyl (C=O) groups is 2. The molecule has 102 valence electrons. The third-order valence-corrected chi connectivity index (χ3v) is 0.946. The lowest BCUT2D eigenvalue weighted by Gasteiger charge is -2.20. The molecule has 0 atom stereocenters. The largest absolute Gasteiger partial charge is 0.519 e. The molecule has 6 nitrogen and oxygen atoms in total. The van der Waals surface area contributed by atoms with Crippen molar-refractivity contribution in [1.82, 2.24) is 0 Å². The second kappa shape index (κ2) is 7.11. The van der Waals surface area contributed by atoms with Gasteiger partial charge in [-0.25, -0.2) is 9.59 Å². The highest BCUT2D eigenvalue weighted by Gasteiger charge is 2.24. The molecule has 0 radical (unpaired) electrons. The molecule has 0 spiro atoms. The van der Waals surface area contributed by atoms with Crippen molar-refractivity contribution in [2.45, 2.75) is 52.7 Å². The van der Waals surface area contributed by atoms with Crippen LogP contribution in [0.1, 0.15) is 41.5 Å². The first-order valence-electron chi connectivity index (χ1n) is 5.08. The number of aliphatic hydroxyl groups is 1. The molecule has 1 N–H and O–H groups in total. The molecular formula is C11H22O6. The van der Waals surface area contributed by atoms with E-state index in [1.165, 1.54) is 0 Å². The maximum Gasteiger partial charge on any atom is 0.519 e. The Morgan fingerprint density at radius 1 is 0.765 bits per heavy atom. The molecule has 0 aromatic rings. The van der Waals surface area contributed by atoms with Crippen LogP contribution in [-0.2, 0) is 14.2 Å². The van der Waals surface area contributed by atoms with E-state index < -0.39 is 23.5 Å². The van der Waals surface area contributed by atoms with Crippen LogP contribution in [0.5, 0.6) is 0 Å². The Morgan fingerprint density at radius 2 is 1.00 bits per heavy atom. The van der Waals surface area contributed by atoms with Gasteiger partial charge in [0.25, 0.3) is 0 Å². The topological polar surface area (TPSA) is 82.1 Å². The summed E-state index contributed by atoms with van der Waals surface area (Å²) in [4.78, 5) is 22.0. The molecule has 0 aromatic carbocycles. The minimum absolute atomic E-state index is 0.695. The molecule has 0 aliphatic carbocycles. The molecule has 17 heavy (non-hydrogen) atoms. The van der Waals surface area contributed by atoms with Gasteiger partial charge in [-0.3, -0.25) is 0 Å². The van der Waals surface area contributed by atoms with E-state index in [0.717, 1.165) is 7.11 Å². The Hall–Kier alpha value is -1.30. The molecule has 0 fully saturated rings.